The van der Waals surface area contributed by atoms with Gasteiger partial charge in [0.25, 0.3) is 0 Å². The van der Waals surface area contributed by atoms with Crippen LogP contribution in [0.3, 0.4) is 0 Å². The number of nitrogens with one attached hydrogen (secondary N) is 1. The monoisotopic (exact) mass is 340 g/mol. The van der Waals surface area contributed by atoms with Crippen molar-refractivity contribution < 1.29 is 18.0 Å². The standard InChI is InChI=1S/C16H15F3N2OS/c17-16(18,19)9-20-14(22)10-5-1-2-6-11(10)15-21-12-7-3-4-8-13(12)23-15/h1-4,7-8,10-11H,5-6,9H2,(H,20,22)/t10-,11+/m1/s1. The first-order valence-corrected chi connectivity index (χ1v) is 8.10. The van der Waals surface area contributed by atoms with Crippen molar-refractivity contribution in [3.63, 3.8) is 0 Å². The summed E-state index contributed by atoms with van der Waals surface area (Å²) >= 11 is 1.50. The Hall–Kier alpha value is -1.89. The number of hydrogen-bond acceptors (Lipinski definition) is 3. The number of nitrogens with zero attached hydrogens (tertiary/aromatic N) is 1. The van der Waals surface area contributed by atoms with Crippen molar-refractivity contribution in [3.8, 4) is 0 Å². The predicted molar refractivity (Wildman–Crippen MR) is 83.3 cm³/mol. The van der Waals surface area contributed by atoms with E-state index in [1.54, 1.807) is 0 Å². The molecule has 122 valence electrons. The van der Waals surface area contributed by atoms with Crippen LogP contribution < -0.4 is 5.32 Å². The van der Waals surface area contributed by atoms with Crippen molar-refractivity contribution in [3.05, 3.63) is 41.4 Å². The largest absolute Gasteiger partial charge is 0.405 e. The number of carbonyl (C=O) groups is 1. The molecule has 0 spiro atoms. The second kappa shape index (κ2) is 6.31. The third-order valence-corrected chi connectivity index (χ3v) is 5.03. The Balaban J connectivity index is 1.81. The van der Waals surface area contributed by atoms with Crippen LogP contribution in [0.25, 0.3) is 10.2 Å². The van der Waals surface area contributed by atoms with E-state index in [2.05, 4.69) is 4.98 Å². The van der Waals surface area contributed by atoms with Crippen LogP contribution in [-0.2, 0) is 4.79 Å². The van der Waals surface area contributed by atoms with Crippen molar-refractivity contribution in [1.82, 2.24) is 10.3 Å². The molecule has 0 aliphatic heterocycles. The molecule has 2 atom stereocenters. The first-order chi connectivity index (χ1) is 10.9. The molecule has 7 heteroatoms. The van der Waals surface area contributed by atoms with Crippen LogP contribution in [-0.4, -0.2) is 23.6 Å². The second-order valence-corrected chi connectivity index (χ2v) is 6.57. The number of hydrogen-bond donors (Lipinski definition) is 1. The van der Waals surface area contributed by atoms with Crippen LogP contribution in [0, 0.1) is 5.92 Å². The maximum absolute atomic E-state index is 12.3. The summed E-state index contributed by atoms with van der Waals surface area (Å²) in [5.74, 6) is -1.25. The number of halogens is 3. The van der Waals surface area contributed by atoms with Crippen molar-refractivity contribution >= 4 is 27.5 Å². The van der Waals surface area contributed by atoms with Crippen molar-refractivity contribution in [2.75, 3.05) is 6.54 Å². The van der Waals surface area contributed by atoms with E-state index in [4.69, 9.17) is 0 Å². The van der Waals surface area contributed by atoms with E-state index in [0.717, 1.165) is 15.2 Å². The molecule has 3 nitrogen and oxygen atoms in total. The van der Waals surface area contributed by atoms with Crippen molar-refractivity contribution in [1.29, 1.82) is 0 Å². The molecule has 0 unspecified atom stereocenters. The van der Waals surface area contributed by atoms with E-state index in [0.29, 0.717) is 12.8 Å². The molecule has 1 aliphatic carbocycles. The molecule has 2 aromatic rings. The zero-order chi connectivity index (χ0) is 16.4. The lowest BCUT2D eigenvalue weighted by Crippen LogP contribution is -2.40. The summed E-state index contributed by atoms with van der Waals surface area (Å²) in [7, 11) is 0. The van der Waals surface area contributed by atoms with E-state index in [9.17, 15) is 18.0 Å². The molecule has 0 fully saturated rings. The molecule has 0 bridgehead atoms. The predicted octanol–water partition coefficient (Wildman–Crippen LogP) is 4.02. The van der Waals surface area contributed by atoms with Crippen LogP contribution >= 0.6 is 11.3 Å². The lowest BCUT2D eigenvalue weighted by Gasteiger charge is -2.26. The van der Waals surface area contributed by atoms with Crippen LogP contribution in [0.15, 0.2) is 36.4 Å². The van der Waals surface area contributed by atoms with Crippen LogP contribution in [0.2, 0.25) is 0 Å². The number of allylic oxidation sites excluding steroid dienone is 2. The molecule has 1 amide bonds. The molecule has 0 radical (unpaired) electrons. The molecule has 1 aromatic heterocycles. The van der Waals surface area contributed by atoms with Crippen molar-refractivity contribution in [2.45, 2.75) is 24.9 Å². The molecule has 0 saturated carbocycles. The maximum atomic E-state index is 12.3. The summed E-state index contributed by atoms with van der Waals surface area (Å²) in [6.07, 6.45) is 0.464. The first kappa shape index (κ1) is 16.0. The fourth-order valence-electron chi connectivity index (χ4n) is 2.74. The van der Waals surface area contributed by atoms with E-state index >= 15 is 0 Å². The number of alkyl halides is 3. The van der Waals surface area contributed by atoms with E-state index < -0.39 is 24.5 Å². The number of fused-ring (bicyclic) bond motifs is 1. The Morgan fingerprint density at radius 1 is 1.26 bits per heavy atom. The lowest BCUT2D eigenvalue weighted by molar-refractivity contribution is -0.141. The molecular formula is C16H15F3N2OS. The fourth-order valence-corrected chi connectivity index (χ4v) is 3.89. The van der Waals surface area contributed by atoms with Gasteiger partial charge in [0.1, 0.15) is 6.54 Å². The average Bonchev–Trinajstić information content (AvgIpc) is 2.96. The minimum atomic E-state index is -4.40. The number of amides is 1. The molecular weight excluding hydrogens is 325 g/mol. The summed E-state index contributed by atoms with van der Waals surface area (Å²) in [5, 5.41) is 2.81. The van der Waals surface area contributed by atoms with Gasteiger partial charge in [-0.25, -0.2) is 4.98 Å². The molecule has 1 heterocycles. The summed E-state index contributed by atoms with van der Waals surface area (Å²) in [5.41, 5.74) is 0.858. The molecule has 23 heavy (non-hydrogen) atoms. The second-order valence-electron chi connectivity index (χ2n) is 5.51. The number of para-hydroxylation sites is 1. The summed E-state index contributed by atoms with van der Waals surface area (Å²) < 4.78 is 37.9. The first-order valence-electron chi connectivity index (χ1n) is 7.29. The van der Waals surface area contributed by atoms with Gasteiger partial charge < -0.3 is 5.32 Å². The summed E-state index contributed by atoms with van der Waals surface area (Å²) in [6, 6.07) is 7.65. The fraction of sp³-hybridized carbons (Fsp3) is 0.375. The SMILES string of the molecule is O=C(NCC(F)(F)F)[C@@H]1CC=CC[C@@H]1c1nc2ccccc2s1. The van der Waals surface area contributed by atoms with Crippen LogP contribution in [0.1, 0.15) is 23.8 Å². The highest BCUT2D eigenvalue weighted by molar-refractivity contribution is 7.18. The average molecular weight is 340 g/mol. The Bertz CT molecular complexity index is 705. The molecule has 3 rings (SSSR count). The zero-order valence-electron chi connectivity index (χ0n) is 12.1. The Kier molecular flexibility index (Phi) is 4.39. The Labute approximate surface area is 135 Å². The number of benzene rings is 1. The molecule has 1 N–H and O–H groups in total. The van der Waals surface area contributed by atoms with Crippen molar-refractivity contribution in [2.24, 2.45) is 5.92 Å². The Morgan fingerprint density at radius 2 is 2.00 bits per heavy atom. The van der Waals surface area contributed by atoms with Crippen LogP contribution in [0.5, 0.6) is 0 Å². The van der Waals surface area contributed by atoms with E-state index in [-0.39, 0.29) is 5.92 Å². The van der Waals surface area contributed by atoms with Gasteiger partial charge in [0.05, 0.1) is 21.1 Å². The smallest absolute Gasteiger partial charge is 0.347 e. The van der Waals surface area contributed by atoms with Gasteiger partial charge in [-0.05, 0) is 25.0 Å². The van der Waals surface area contributed by atoms with Gasteiger partial charge in [0.2, 0.25) is 5.91 Å². The lowest BCUT2D eigenvalue weighted by atomic mass is 9.82. The normalized spacial score (nSPS) is 21.5. The van der Waals surface area contributed by atoms with Gasteiger partial charge in [-0.2, -0.15) is 13.2 Å². The van der Waals surface area contributed by atoms with Gasteiger partial charge >= 0.3 is 6.18 Å². The minimum absolute atomic E-state index is 0.175. The van der Waals surface area contributed by atoms with E-state index in [1.807, 2.05) is 41.7 Å². The number of thiazole rings is 1. The van der Waals surface area contributed by atoms with E-state index in [1.165, 1.54) is 11.3 Å². The van der Waals surface area contributed by atoms with Gasteiger partial charge in [0, 0.05) is 5.92 Å². The quantitative estimate of drug-likeness (QED) is 0.858. The third kappa shape index (κ3) is 3.72. The molecule has 1 aromatic carbocycles. The third-order valence-electron chi connectivity index (χ3n) is 3.86. The van der Waals surface area contributed by atoms with Gasteiger partial charge in [-0.1, -0.05) is 24.3 Å². The number of aromatic nitrogens is 1. The highest BCUT2D eigenvalue weighted by Gasteiger charge is 2.35. The summed E-state index contributed by atoms with van der Waals surface area (Å²) in [4.78, 5) is 16.7. The topological polar surface area (TPSA) is 42.0 Å². The maximum Gasteiger partial charge on any atom is 0.405 e. The van der Waals surface area contributed by atoms with Gasteiger partial charge in [-0.3, -0.25) is 4.79 Å². The zero-order valence-corrected chi connectivity index (χ0v) is 13.0. The van der Waals surface area contributed by atoms with Crippen LogP contribution in [0.4, 0.5) is 13.2 Å². The van der Waals surface area contributed by atoms with Gasteiger partial charge in [0.15, 0.2) is 0 Å². The molecule has 0 saturated heterocycles. The minimum Gasteiger partial charge on any atom is -0.347 e. The number of carbonyl (C=O) groups excluding carboxylic acids is 1. The number of rotatable bonds is 3. The Morgan fingerprint density at radius 3 is 2.74 bits per heavy atom. The molecule has 1 aliphatic rings. The highest BCUT2D eigenvalue weighted by Crippen LogP contribution is 2.38. The summed E-state index contributed by atoms with van der Waals surface area (Å²) in [6.45, 7) is -1.29. The highest BCUT2D eigenvalue weighted by atomic mass is 32.1. The van der Waals surface area contributed by atoms with Gasteiger partial charge in [-0.15, -0.1) is 11.3 Å².